The number of benzene rings is 1. The van der Waals surface area contributed by atoms with Crippen LogP contribution in [0, 0.1) is 16.0 Å². The van der Waals surface area contributed by atoms with Crippen LogP contribution in [0.5, 0.6) is 5.75 Å². The third-order valence-electron chi connectivity index (χ3n) is 3.15. The van der Waals surface area contributed by atoms with Gasteiger partial charge in [-0.15, -0.1) is 0 Å². The van der Waals surface area contributed by atoms with E-state index in [4.69, 9.17) is 4.74 Å². The maximum Gasteiger partial charge on any atom is 0.275 e. The highest BCUT2D eigenvalue weighted by molar-refractivity contribution is 5.56. The molecule has 5 nitrogen and oxygen atoms in total. The molecule has 0 atom stereocenters. The lowest BCUT2D eigenvalue weighted by molar-refractivity contribution is -0.384. The Kier molecular flexibility index (Phi) is 4.60. The van der Waals surface area contributed by atoms with E-state index in [1.807, 2.05) is 13.0 Å². The molecule has 1 aromatic rings. The first kappa shape index (κ1) is 13.6. The predicted molar refractivity (Wildman–Crippen MR) is 74.7 cm³/mol. The summed E-state index contributed by atoms with van der Waals surface area (Å²) in [5, 5.41) is 14.1. The molecule has 0 heterocycles. The number of hydrogen-bond donors (Lipinski definition) is 1. The molecule has 0 spiro atoms. The summed E-state index contributed by atoms with van der Waals surface area (Å²) in [6.07, 6.45) is 4.66. The van der Waals surface area contributed by atoms with Gasteiger partial charge in [0.1, 0.15) is 5.75 Å². The van der Waals surface area contributed by atoms with E-state index in [1.165, 1.54) is 18.9 Å². The number of nitrogens with one attached hydrogen (secondary N) is 1. The van der Waals surface area contributed by atoms with Gasteiger partial charge in [0.25, 0.3) is 5.69 Å². The molecule has 1 N–H and O–H groups in total. The predicted octanol–water partition coefficient (Wildman–Crippen LogP) is 3.60. The van der Waals surface area contributed by atoms with Gasteiger partial charge in [-0.05, 0) is 18.8 Å². The van der Waals surface area contributed by atoms with Crippen LogP contribution >= 0.6 is 0 Å². The average Bonchev–Trinajstić information content (AvgIpc) is 3.20. The smallest absolute Gasteiger partial charge is 0.275 e. The fraction of sp³-hybridized carbons (Fsp3) is 0.571. The SMILES string of the molecule is CCCOc1cc(NCCC2CC2)cc([N+](=O)[O-])c1. The lowest BCUT2D eigenvalue weighted by Crippen LogP contribution is -2.04. The van der Waals surface area contributed by atoms with E-state index < -0.39 is 0 Å². The molecule has 0 aliphatic heterocycles. The Morgan fingerprint density at radius 1 is 1.42 bits per heavy atom. The Balaban J connectivity index is 2.01. The molecule has 5 heteroatoms. The normalized spacial score (nSPS) is 14.2. The zero-order valence-electron chi connectivity index (χ0n) is 11.2. The molecular formula is C14H20N2O3. The van der Waals surface area contributed by atoms with Crippen LogP contribution in [0.4, 0.5) is 11.4 Å². The first-order chi connectivity index (χ1) is 9.19. The largest absolute Gasteiger partial charge is 0.493 e. The van der Waals surface area contributed by atoms with Gasteiger partial charge in [0.2, 0.25) is 0 Å². The van der Waals surface area contributed by atoms with Gasteiger partial charge in [0.15, 0.2) is 0 Å². The average molecular weight is 264 g/mol. The van der Waals surface area contributed by atoms with Crippen LogP contribution in [0.1, 0.15) is 32.6 Å². The molecule has 1 aromatic carbocycles. The monoisotopic (exact) mass is 264 g/mol. The van der Waals surface area contributed by atoms with E-state index in [-0.39, 0.29) is 10.6 Å². The van der Waals surface area contributed by atoms with E-state index in [1.54, 1.807) is 6.07 Å². The van der Waals surface area contributed by atoms with Crippen molar-refractivity contribution in [3.8, 4) is 5.75 Å². The van der Waals surface area contributed by atoms with Crippen LogP contribution in [0.3, 0.4) is 0 Å². The molecule has 0 radical (unpaired) electrons. The van der Waals surface area contributed by atoms with Crippen LogP contribution in [0.2, 0.25) is 0 Å². The maximum absolute atomic E-state index is 10.9. The highest BCUT2D eigenvalue weighted by Gasteiger charge is 2.20. The second-order valence-electron chi connectivity index (χ2n) is 4.98. The highest BCUT2D eigenvalue weighted by atomic mass is 16.6. The minimum absolute atomic E-state index is 0.0718. The Labute approximate surface area is 113 Å². The summed E-state index contributed by atoms with van der Waals surface area (Å²) < 4.78 is 5.48. The van der Waals surface area contributed by atoms with E-state index in [2.05, 4.69) is 5.32 Å². The molecule has 0 saturated heterocycles. The minimum atomic E-state index is -0.384. The van der Waals surface area contributed by atoms with Crippen molar-refractivity contribution < 1.29 is 9.66 Å². The standard InChI is InChI=1S/C14H20N2O3/c1-2-7-19-14-9-12(8-13(10-14)16(17)18)15-6-5-11-3-4-11/h8-11,15H,2-7H2,1H3. The van der Waals surface area contributed by atoms with Crippen LogP contribution in [-0.2, 0) is 0 Å². The van der Waals surface area contributed by atoms with E-state index in [0.717, 1.165) is 31.0 Å². The van der Waals surface area contributed by atoms with Crippen molar-refractivity contribution >= 4 is 11.4 Å². The number of nitro benzene ring substituents is 1. The van der Waals surface area contributed by atoms with E-state index in [9.17, 15) is 10.1 Å². The van der Waals surface area contributed by atoms with Crippen molar-refractivity contribution in [3.05, 3.63) is 28.3 Å². The van der Waals surface area contributed by atoms with Gasteiger partial charge in [-0.1, -0.05) is 19.8 Å². The lowest BCUT2D eigenvalue weighted by Gasteiger charge is -2.09. The topological polar surface area (TPSA) is 64.4 Å². The molecule has 1 fully saturated rings. The van der Waals surface area contributed by atoms with Gasteiger partial charge in [-0.3, -0.25) is 10.1 Å². The van der Waals surface area contributed by atoms with Gasteiger partial charge >= 0.3 is 0 Å². The van der Waals surface area contributed by atoms with Crippen LogP contribution in [-0.4, -0.2) is 18.1 Å². The molecular weight excluding hydrogens is 244 g/mol. The third kappa shape index (κ3) is 4.43. The molecule has 0 aromatic heterocycles. The van der Waals surface area contributed by atoms with Crippen LogP contribution in [0.15, 0.2) is 18.2 Å². The Morgan fingerprint density at radius 2 is 2.21 bits per heavy atom. The molecule has 1 saturated carbocycles. The van der Waals surface area contributed by atoms with Crippen molar-refractivity contribution in [1.29, 1.82) is 0 Å². The molecule has 1 aliphatic rings. The highest BCUT2D eigenvalue weighted by Crippen LogP contribution is 2.32. The number of rotatable bonds is 8. The summed E-state index contributed by atoms with van der Waals surface area (Å²) in [7, 11) is 0. The fourth-order valence-electron chi connectivity index (χ4n) is 1.92. The van der Waals surface area contributed by atoms with E-state index >= 15 is 0 Å². The number of nitrogens with zero attached hydrogens (tertiary/aromatic N) is 1. The van der Waals surface area contributed by atoms with Crippen molar-refractivity contribution in [2.45, 2.75) is 32.6 Å². The Morgan fingerprint density at radius 3 is 2.84 bits per heavy atom. The van der Waals surface area contributed by atoms with Crippen molar-refractivity contribution in [3.63, 3.8) is 0 Å². The third-order valence-corrected chi connectivity index (χ3v) is 3.15. The summed E-state index contributed by atoms with van der Waals surface area (Å²) in [5.41, 5.74) is 0.837. The lowest BCUT2D eigenvalue weighted by atomic mass is 10.2. The van der Waals surface area contributed by atoms with Gasteiger partial charge < -0.3 is 10.1 Å². The summed E-state index contributed by atoms with van der Waals surface area (Å²) in [6.45, 7) is 3.44. The number of ether oxygens (including phenoxy) is 1. The summed E-state index contributed by atoms with van der Waals surface area (Å²) >= 11 is 0. The first-order valence-corrected chi connectivity index (χ1v) is 6.85. The molecule has 19 heavy (non-hydrogen) atoms. The molecule has 0 amide bonds. The van der Waals surface area contributed by atoms with Crippen molar-refractivity contribution in [2.24, 2.45) is 5.92 Å². The van der Waals surface area contributed by atoms with Crippen molar-refractivity contribution in [1.82, 2.24) is 0 Å². The summed E-state index contributed by atoms with van der Waals surface area (Å²) in [4.78, 5) is 10.5. The molecule has 0 unspecified atom stereocenters. The van der Waals surface area contributed by atoms with Gasteiger partial charge in [0, 0.05) is 24.4 Å². The van der Waals surface area contributed by atoms with Gasteiger partial charge in [0.05, 0.1) is 17.6 Å². The Bertz CT molecular complexity index is 444. The van der Waals surface area contributed by atoms with Gasteiger partial charge in [-0.2, -0.15) is 0 Å². The molecule has 0 bridgehead atoms. The van der Waals surface area contributed by atoms with E-state index in [0.29, 0.717) is 12.4 Å². The van der Waals surface area contributed by atoms with Crippen LogP contribution < -0.4 is 10.1 Å². The zero-order valence-corrected chi connectivity index (χ0v) is 11.2. The number of non-ortho nitro benzene ring substituents is 1. The summed E-state index contributed by atoms with van der Waals surface area (Å²) in [5.74, 6) is 1.41. The second kappa shape index (κ2) is 6.41. The zero-order chi connectivity index (χ0) is 13.7. The number of anilines is 1. The number of nitro groups is 1. The second-order valence-corrected chi connectivity index (χ2v) is 4.98. The Hall–Kier alpha value is -1.78. The maximum atomic E-state index is 10.9. The molecule has 2 rings (SSSR count). The van der Waals surface area contributed by atoms with Gasteiger partial charge in [-0.25, -0.2) is 0 Å². The quantitative estimate of drug-likeness (QED) is 0.575. The van der Waals surface area contributed by atoms with Crippen molar-refractivity contribution in [2.75, 3.05) is 18.5 Å². The molecule has 104 valence electrons. The minimum Gasteiger partial charge on any atom is -0.493 e. The molecule has 1 aliphatic carbocycles. The fourth-order valence-corrected chi connectivity index (χ4v) is 1.92. The number of hydrogen-bond acceptors (Lipinski definition) is 4. The summed E-state index contributed by atoms with van der Waals surface area (Å²) in [6, 6.07) is 4.86. The van der Waals surface area contributed by atoms with Crippen LogP contribution in [0.25, 0.3) is 0 Å². The first-order valence-electron chi connectivity index (χ1n) is 6.85.